The van der Waals surface area contributed by atoms with E-state index in [1.807, 2.05) is 25.3 Å². The zero-order valence-corrected chi connectivity index (χ0v) is 18.0. The number of aromatic amines is 1. The molecule has 164 valence electrons. The first-order chi connectivity index (χ1) is 15.6. The number of amides is 1. The number of rotatable bonds is 7. The van der Waals surface area contributed by atoms with Crippen molar-refractivity contribution in [1.29, 1.82) is 0 Å². The van der Waals surface area contributed by atoms with E-state index in [2.05, 4.69) is 45.0 Å². The number of nitrogens with zero attached hydrogens (tertiary/aromatic N) is 1. The van der Waals surface area contributed by atoms with Gasteiger partial charge in [-0.3, -0.25) is 4.79 Å². The maximum Gasteiger partial charge on any atom is 0.227 e. The van der Waals surface area contributed by atoms with Crippen LogP contribution in [0.15, 0.2) is 59.4 Å². The molecule has 1 aliphatic carbocycles. The van der Waals surface area contributed by atoms with Crippen LogP contribution in [-0.2, 0) is 17.6 Å². The Morgan fingerprint density at radius 2 is 2.19 bits per heavy atom. The van der Waals surface area contributed by atoms with E-state index < -0.39 is 0 Å². The van der Waals surface area contributed by atoms with E-state index in [1.54, 1.807) is 12.3 Å². The van der Waals surface area contributed by atoms with Crippen molar-refractivity contribution in [2.24, 2.45) is 5.92 Å². The van der Waals surface area contributed by atoms with E-state index >= 15 is 0 Å². The maximum absolute atomic E-state index is 13.1. The van der Waals surface area contributed by atoms with Gasteiger partial charge in [0, 0.05) is 23.7 Å². The molecule has 0 saturated heterocycles. The average molecular weight is 430 g/mol. The summed E-state index contributed by atoms with van der Waals surface area (Å²) in [6.07, 6.45) is 6.76. The largest absolute Gasteiger partial charge is 0.397 e. The molecule has 2 aromatic heterocycles. The van der Waals surface area contributed by atoms with E-state index in [9.17, 15) is 4.79 Å². The van der Waals surface area contributed by atoms with Gasteiger partial charge in [0.05, 0.1) is 23.6 Å². The second-order valence-electron chi connectivity index (χ2n) is 8.40. The molecule has 2 atom stereocenters. The Morgan fingerprint density at radius 3 is 3.00 bits per heavy atom. The summed E-state index contributed by atoms with van der Waals surface area (Å²) in [4.78, 5) is 16.3. The fourth-order valence-corrected chi connectivity index (χ4v) is 4.62. The van der Waals surface area contributed by atoms with Gasteiger partial charge in [0.25, 0.3) is 0 Å². The lowest BCUT2D eigenvalue weighted by Gasteiger charge is -2.18. The van der Waals surface area contributed by atoms with E-state index in [4.69, 9.17) is 10.3 Å². The number of H-pyrrole nitrogens is 1. The van der Waals surface area contributed by atoms with Crippen molar-refractivity contribution in [1.82, 2.24) is 10.1 Å². The SMILES string of the molecule is CCC(Cc1ccc2[nH]ccc2c1)C(=O)Nc1ccc2c(c1N)CCC2Nc1ccno1. The van der Waals surface area contributed by atoms with Gasteiger partial charge in [-0.25, -0.2) is 0 Å². The zero-order valence-electron chi connectivity index (χ0n) is 18.0. The number of nitrogen functional groups attached to an aromatic ring is 1. The third kappa shape index (κ3) is 3.82. The lowest BCUT2D eigenvalue weighted by molar-refractivity contribution is -0.119. The summed E-state index contributed by atoms with van der Waals surface area (Å²) >= 11 is 0. The molecule has 5 N–H and O–H groups in total. The van der Waals surface area contributed by atoms with Crippen molar-refractivity contribution in [2.75, 3.05) is 16.4 Å². The second-order valence-corrected chi connectivity index (χ2v) is 8.40. The van der Waals surface area contributed by atoms with Crippen LogP contribution in [0.5, 0.6) is 0 Å². The fraction of sp³-hybridized carbons (Fsp3) is 0.280. The first-order valence-electron chi connectivity index (χ1n) is 11.1. The Morgan fingerprint density at radius 1 is 1.28 bits per heavy atom. The second kappa shape index (κ2) is 8.42. The van der Waals surface area contributed by atoms with Gasteiger partial charge in [-0.15, -0.1) is 0 Å². The molecule has 2 aromatic carbocycles. The van der Waals surface area contributed by atoms with Crippen LogP contribution >= 0.6 is 0 Å². The van der Waals surface area contributed by atoms with Crippen LogP contribution in [0.25, 0.3) is 10.9 Å². The van der Waals surface area contributed by atoms with Gasteiger partial charge in [-0.2, -0.15) is 0 Å². The van der Waals surface area contributed by atoms with Gasteiger partial charge >= 0.3 is 0 Å². The van der Waals surface area contributed by atoms with Crippen molar-refractivity contribution in [3.8, 4) is 0 Å². The minimum absolute atomic E-state index is 0.00245. The first-order valence-corrected chi connectivity index (χ1v) is 11.1. The quantitative estimate of drug-likeness (QED) is 0.308. The van der Waals surface area contributed by atoms with Gasteiger partial charge in [0.1, 0.15) is 0 Å². The van der Waals surface area contributed by atoms with Crippen molar-refractivity contribution in [2.45, 2.75) is 38.6 Å². The fourth-order valence-electron chi connectivity index (χ4n) is 4.62. The van der Waals surface area contributed by atoms with Crippen molar-refractivity contribution >= 4 is 34.1 Å². The van der Waals surface area contributed by atoms with Crippen molar-refractivity contribution < 1.29 is 9.32 Å². The Balaban J connectivity index is 1.30. The van der Waals surface area contributed by atoms with Crippen LogP contribution in [0.4, 0.5) is 17.3 Å². The predicted molar refractivity (Wildman–Crippen MR) is 126 cm³/mol. The van der Waals surface area contributed by atoms with Gasteiger partial charge < -0.3 is 25.9 Å². The summed E-state index contributed by atoms with van der Waals surface area (Å²) in [6.45, 7) is 2.05. The third-order valence-corrected chi connectivity index (χ3v) is 6.43. The summed E-state index contributed by atoms with van der Waals surface area (Å²) in [6, 6.07) is 14.2. The zero-order chi connectivity index (χ0) is 22.1. The highest BCUT2D eigenvalue weighted by molar-refractivity contribution is 5.96. The van der Waals surface area contributed by atoms with Crippen LogP contribution in [-0.4, -0.2) is 16.0 Å². The predicted octanol–water partition coefficient (Wildman–Crippen LogP) is 5.04. The van der Waals surface area contributed by atoms with E-state index in [-0.39, 0.29) is 17.9 Å². The average Bonchev–Trinajstić information content (AvgIpc) is 3.55. The lowest BCUT2D eigenvalue weighted by Crippen LogP contribution is -2.25. The number of fused-ring (bicyclic) bond motifs is 2. The first kappa shape index (κ1) is 20.2. The Hall–Kier alpha value is -3.74. The number of carbonyl (C=O) groups is 1. The summed E-state index contributed by atoms with van der Waals surface area (Å²) < 4.78 is 5.17. The van der Waals surface area contributed by atoms with Crippen LogP contribution < -0.4 is 16.4 Å². The highest BCUT2D eigenvalue weighted by Crippen LogP contribution is 2.40. The van der Waals surface area contributed by atoms with Gasteiger partial charge in [0.2, 0.25) is 11.8 Å². The lowest BCUT2D eigenvalue weighted by atomic mass is 9.95. The summed E-state index contributed by atoms with van der Waals surface area (Å²) in [5, 5.41) is 11.3. The van der Waals surface area contributed by atoms with Crippen molar-refractivity contribution in [3.63, 3.8) is 0 Å². The summed E-state index contributed by atoms with van der Waals surface area (Å²) in [7, 11) is 0. The maximum atomic E-state index is 13.1. The molecule has 0 bridgehead atoms. The van der Waals surface area contributed by atoms with E-state index in [1.165, 1.54) is 0 Å². The molecule has 2 heterocycles. The topological polar surface area (TPSA) is 109 Å². The number of hydrogen-bond donors (Lipinski definition) is 4. The van der Waals surface area contributed by atoms with Crippen LogP contribution in [0, 0.1) is 5.92 Å². The van der Waals surface area contributed by atoms with Crippen LogP contribution in [0.2, 0.25) is 0 Å². The van der Waals surface area contributed by atoms with Crippen LogP contribution in [0.1, 0.15) is 42.5 Å². The molecular weight excluding hydrogens is 402 g/mol. The van der Waals surface area contributed by atoms with Gasteiger partial charge in [-0.05, 0) is 72.0 Å². The molecule has 1 amide bonds. The smallest absolute Gasteiger partial charge is 0.227 e. The molecule has 5 rings (SSSR count). The van der Waals surface area contributed by atoms with E-state index in [0.717, 1.165) is 46.9 Å². The summed E-state index contributed by atoms with van der Waals surface area (Å²) in [5.74, 6) is 0.518. The molecule has 0 fully saturated rings. The number of carbonyl (C=O) groups excluding carboxylic acids is 1. The number of hydrogen-bond acceptors (Lipinski definition) is 5. The number of aromatic nitrogens is 2. The van der Waals surface area contributed by atoms with Crippen molar-refractivity contribution in [3.05, 3.63) is 71.5 Å². The summed E-state index contributed by atoms with van der Waals surface area (Å²) in [5.41, 5.74) is 12.3. The molecule has 2 unspecified atom stereocenters. The molecular formula is C25H27N5O2. The molecule has 32 heavy (non-hydrogen) atoms. The number of benzene rings is 2. The van der Waals surface area contributed by atoms with Gasteiger partial charge in [0.15, 0.2) is 0 Å². The number of anilines is 3. The minimum atomic E-state index is -0.125. The molecule has 1 aliphatic rings. The van der Waals surface area contributed by atoms with Gasteiger partial charge in [-0.1, -0.05) is 24.2 Å². The van der Waals surface area contributed by atoms with E-state index in [0.29, 0.717) is 23.7 Å². The van der Waals surface area contributed by atoms with Crippen LogP contribution in [0.3, 0.4) is 0 Å². The molecule has 0 spiro atoms. The Bertz CT molecular complexity index is 1240. The molecule has 4 aromatic rings. The number of nitrogens with one attached hydrogen (secondary N) is 3. The Kier molecular flexibility index (Phi) is 5.31. The highest BCUT2D eigenvalue weighted by Gasteiger charge is 2.27. The molecule has 7 nitrogen and oxygen atoms in total. The minimum Gasteiger partial charge on any atom is -0.397 e. The molecule has 0 aliphatic heterocycles. The normalized spacial score (nSPS) is 16.1. The monoisotopic (exact) mass is 429 g/mol. The standard InChI is InChI=1S/C25H27N5O2/c1-2-16(13-15-3-6-20-17(14-15)9-11-27-20)25(31)30-22-8-4-18-19(24(22)26)5-7-21(18)29-23-10-12-28-32-23/h3-4,6,8-12,14,16,21,27,29H,2,5,7,13,26H2,1H3,(H,30,31). The number of nitrogens with two attached hydrogens (primary N) is 1. The highest BCUT2D eigenvalue weighted by atomic mass is 16.5. The third-order valence-electron chi connectivity index (χ3n) is 6.43. The molecule has 7 heteroatoms. The molecule has 0 saturated carbocycles. The Labute approximate surface area is 186 Å². The molecule has 0 radical (unpaired) electrons.